The molecule has 0 saturated carbocycles. The summed E-state index contributed by atoms with van der Waals surface area (Å²) in [6, 6.07) is 11.7. The van der Waals surface area contributed by atoms with Crippen LogP contribution in [0.15, 0.2) is 53.6 Å². The number of hydrogen-bond donors (Lipinski definition) is 1. The second-order valence-corrected chi connectivity index (χ2v) is 9.34. The highest BCUT2D eigenvalue weighted by molar-refractivity contribution is 7.90. The molecule has 26 heavy (non-hydrogen) atoms. The number of halogens is 1. The lowest BCUT2D eigenvalue weighted by molar-refractivity contribution is 0.602. The Kier molecular flexibility index (Phi) is 3.93. The van der Waals surface area contributed by atoms with Gasteiger partial charge in [-0.25, -0.2) is 17.8 Å². The number of sulfone groups is 1. The first-order valence-electron chi connectivity index (χ1n) is 7.86. The molecule has 132 valence electrons. The Morgan fingerprint density at radius 2 is 1.85 bits per heavy atom. The van der Waals surface area contributed by atoms with E-state index in [0.29, 0.717) is 11.5 Å². The van der Waals surface area contributed by atoms with Crippen molar-refractivity contribution in [3.8, 4) is 0 Å². The fraction of sp³-hybridized carbons (Fsp3) is 0.105. The molecule has 4 aromatic rings. The Bertz CT molecular complexity index is 1260. The molecular weight excluding hydrogens is 371 g/mol. The van der Waals surface area contributed by atoms with E-state index in [-0.39, 0.29) is 10.7 Å². The van der Waals surface area contributed by atoms with Crippen molar-refractivity contribution >= 4 is 52.9 Å². The van der Waals surface area contributed by atoms with Crippen LogP contribution < -0.4 is 5.32 Å². The molecule has 1 N–H and O–H groups in total. The fourth-order valence-corrected chi connectivity index (χ4v) is 4.73. The summed E-state index contributed by atoms with van der Waals surface area (Å²) >= 11 is 1.49. The normalized spacial score (nSPS) is 12.0. The number of hydrogen-bond acceptors (Lipinski definition) is 5. The lowest BCUT2D eigenvalue weighted by Gasteiger charge is -2.09. The maximum atomic E-state index is 13.4. The van der Waals surface area contributed by atoms with Gasteiger partial charge in [0.15, 0.2) is 9.84 Å². The zero-order chi connectivity index (χ0) is 18.5. The van der Waals surface area contributed by atoms with E-state index in [1.54, 1.807) is 24.4 Å². The predicted octanol–water partition coefficient (Wildman–Crippen LogP) is 5.04. The molecular formula is C19H15FN2O2S2. The molecule has 7 heteroatoms. The summed E-state index contributed by atoms with van der Waals surface area (Å²) in [5.41, 5.74) is 1.50. The lowest BCUT2D eigenvalue weighted by atomic mass is 10.2. The molecule has 0 atom stereocenters. The predicted molar refractivity (Wildman–Crippen MR) is 105 cm³/mol. The van der Waals surface area contributed by atoms with E-state index in [9.17, 15) is 12.8 Å². The fourth-order valence-electron chi connectivity index (χ4n) is 2.91. The average molecular weight is 386 g/mol. The number of anilines is 2. The van der Waals surface area contributed by atoms with E-state index in [1.807, 2.05) is 19.1 Å². The van der Waals surface area contributed by atoms with Crippen LogP contribution >= 0.6 is 11.3 Å². The standard InChI is InChI=1S/C19H15FN2O2S2/c1-11-5-13(8-14(6-11)26(2,23)24)22-19-9-16-15-4-3-12(20)7-17(15)25-18(16)10-21-19/h3-10H,1-2H3,(H,21,22). The monoisotopic (exact) mass is 386 g/mol. The van der Waals surface area contributed by atoms with Crippen LogP contribution in [-0.2, 0) is 9.84 Å². The highest BCUT2D eigenvalue weighted by Crippen LogP contribution is 2.35. The molecule has 0 bridgehead atoms. The van der Waals surface area contributed by atoms with Gasteiger partial charge in [0.1, 0.15) is 11.6 Å². The first-order valence-corrected chi connectivity index (χ1v) is 10.6. The number of fused-ring (bicyclic) bond motifs is 3. The lowest BCUT2D eigenvalue weighted by Crippen LogP contribution is -2.00. The molecule has 0 saturated heterocycles. The van der Waals surface area contributed by atoms with Crippen molar-refractivity contribution in [2.45, 2.75) is 11.8 Å². The zero-order valence-electron chi connectivity index (χ0n) is 14.1. The largest absolute Gasteiger partial charge is 0.340 e. The number of pyridine rings is 1. The topological polar surface area (TPSA) is 59.1 Å². The molecule has 0 spiro atoms. The van der Waals surface area contributed by atoms with Crippen molar-refractivity contribution in [2.24, 2.45) is 0 Å². The summed E-state index contributed by atoms with van der Waals surface area (Å²) < 4.78 is 38.9. The molecule has 0 aliphatic carbocycles. The van der Waals surface area contributed by atoms with Crippen LogP contribution in [0, 0.1) is 12.7 Å². The molecule has 0 amide bonds. The van der Waals surface area contributed by atoms with Crippen molar-refractivity contribution in [1.29, 1.82) is 0 Å². The van der Waals surface area contributed by atoms with Crippen LogP contribution in [0.1, 0.15) is 5.56 Å². The summed E-state index contributed by atoms with van der Waals surface area (Å²) in [5.74, 6) is 0.343. The van der Waals surface area contributed by atoms with Gasteiger partial charge < -0.3 is 5.32 Å². The minimum atomic E-state index is -3.29. The van der Waals surface area contributed by atoms with Gasteiger partial charge in [-0.3, -0.25) is 0 Å². The number of nitrogens with one attached hydrogen (secondary N) is 1. The van der Waals surface area contributed by atoms with Gasteiger partial charge in [-0.2, -0.15) is 0 Å². The third-order valence-corrected chi connectivity index (χ3v) is 6.27. The van der Waals surface area contributed by atoms with Crippen LogP contribution in [0.4, 0.5) is 15.9 Å². The summed E-state index contributed by atoms with van der Waals surface area (Å²) in [7, 11) is -3.29. The van der Waals surface area contributed by atoms with Crippen molar-refractivity contribution < 1.29 is 12.8 Å². The van der Waals surface area contributed by atoms with Crippen LogP contribution in [0.3, 0.4) is 0 Å². The second kappa shape index (κ2) is 6.03. The number of nitrogens with zero attached hydrogens (tertiary/aromatic N) is 1. The first-order chi connectivity index (χ1) is 12.3. The van der Waals surface area contributed by atoms with E-state index >= 15 is 0 Å². The SMILES string of the molecule is Cc1cc(Nc2cc3c(cn2)sc2cc(F)ccc23)cc(S(C)(=O)=O)c1. The molecule has 0 fully saturated rings. The third kappa shape index (κ3) is 3.15. The van der Waals surface area contributed by atoms with E-state index in [2.05, 4.69) is 10.3 Å². The molecule has 2 heterocycles. The summed E-state index contributed by atoms with van der Waals surface area (Å²) in [6.45, 7) is 1.84. The molecule has 4 rings (SSSR count). The minimum Gasteiger partial charge on any atom is -0.340 e. The number of benzene rings is 2. The third-order valence-electron chi connectivity index (χ3n) is 4.07. The van der Waals surface area contributed by atoms with E-state index in [1.165, 1.54) is 29.7 Å². The van der Waals surface area contributed by atoms with Crippen LogP contribution in [0.5, 0.6) is 0 Å². The Morgan fingerprint density at radius 3 is 2.62 bits per heavy atom. The van der Waals surface area contributed by atoms with Gasteiger partial charge in [-0.1, -0.05) is 0 Å². The van der Waals surface area contributed by atoms with Crippen molar-refractivity contribution in [2.75, 3.05) is 11.6 Å². The number of aromatic nitrogens is 1. The van der Waals surface area contributed by atoms with Crippen LogP contribution in [0.2, 0.25) is 0 Å². The highest BCUT2D eigenvalue weighted by atomic mass is 32.2. The summed E-state index contributed by atoms with van der Waals surface area (Å²) in [4.78, 5) is 4.66. The van der Waals surface area contributed by atoms with Crippen molar-refractivity contribution in [1.82, 2.24) is 4.98 Å². The quantitative estimate of drug-likeness (QED) is 0.536. The number of thiophene rings is 1. The Hall–Kier alpha value is -2.51. The van der Waals surface area contributed by atoms with Gasteiger partial charge in [-0.15, -0.1) is 11.3 Å². The van der Waals surface area contributed by atoms with E-state index in [4.69, 9.17) is 0 Å². The average Bonchev–Trinajstić information content (AvgIpc) is 2.90. The molecule has 0 unspecified atom stereocenters. The number of rotatable bonds is 3. The van der Waals surface area contributed by atoms with Gasteiger partial charge in [0.25, 0.3) is 0 Å². The van der Waals surface area contributed by atoms with Gasteiger partial charge >= 0.3 is 0 Å². The van der Waals surface area contributed by atoms with Crippen molar-refractivity contribution in [3.05, 3.63) is 60.0 Å². The van der Waals surface area contributed by atoms with E-state index < -0.39 is 9.84 Å². The molecule has 2 aromatic carbocycles. The van der Waals surface area contributed by atoms with E-state index in [0.717, 1.165) is 25.7 Å². The Morgan fingerprint density at radius 1 is 1.04 bits per heavy atom. The van der Waals surface area contributed by atoms with Crippen LogP contribution in [0.25, 0.3) is 20.2 Å². The molecule has 0 aliphatic heterocycles. The Balaban J connectivity index is 1.78. The van der Waals surface area contributed by atoms with Gasteiger partial charge in [0, 0.05) is 33.6 Å². The molecule has 0 aliphatic rings. The summed E-state index contributed by atoms with van der Waals surface area (Å²) in [5, 5.41) is 5.13. The van der Waals surface area contributed by atoms with Gasteiger partial charge in [0.2, 0.25) is 0 Å². The maximum Gasteiger partial charge on any atom is 0.175 e. The molecule has 4 nitrogen and oxygen atoms in total. The minimum absolute atomic E-state index is 0.261. The summed E-state index contributed by atoms with van der Waals surface area (Å²) in [6.07, 6.45) is 2.93. The van der Waals surface area contributed by atoms with Gasteiger partial charge in [0.05, 0.1) is 9.60 Å². The highest BCUT2D eigenvalue weighted by Gasteiger charge is 2.11. The molecule has 2 aromatic heterocycles. The maximum absolute atomic E-state index is 13.4. The van der Waals surface area contributed by atoms with Crippen LogP contribution in [-0.4, -0.2) is 19.7 Å². The van der Waals surface area contributed by atoms with Crippen molar-refractivity contribution in [3.63, 3.8) is 0 Å². The Labute approximate surface area is 154 Å². The van der Waals surface area contributed by atoms with Gasteiger partial charge in [-0.05, 0) is 55.0 Å². The zero-order valence-corrected chi connectivity index (χ0v) is 15.7. The smallest absolute Gasteiger partial charge is 0.175 e. The number of aryl methyl sites for hydroxylation is 1. The second-order valence-electron chi connectivity index (χ2n) is 6.24. The first kappa shape index (κ1) is 16.9. The molecule has 0 radical (unpaired) electrons.